The van der Waals surface area contributed by atoms with Crippen molar-refractivity contribution in [3.8, 4) is 0 Å². The van der Waals surface area contributed by atoms with E-state index in [-0.39, 0.29) is 17.5 Å². The van der Waals surface area contributed by atoms with E-state index in [0.717, 1.165) is 21.3 Å². The Balaban J connectivity index is 1.54. The number of para-hydroxylation sites is 1. The van der Waals surface area contributed by atoms with Gasteiger partial charge in [-0.2, -0.15) is 0 Å². The van der Waals surface area contributed by atoms with Crippen molar-refractivity contribution in [2.75, 3.05) is 10.2 Å². The van der Waals surface area contributed by atoms with E-state index in [1.165, 1.54) is 0 Å². The van der Waals surface area contributed by atoms with Crippen LogP contribution in [-0.2, 0) is 10.2 Å². The Hall–Kier alpha value is -4.00. The molecule has 0 aliphatic carbocycles. The molecule has 3 heterocycles. The smallest absolute Gasteiger partial charge is 0.238 e. The zero-order chi connectivity index (χ0) is 27.6. The molecule has 5 nitrogen and oxygen atoms in total. The normalized spacial score (nSPS) is 23.9. The Labute approximate surface area is 244 Å². The van der Waals surface area contributed by atoms with Crippen LogP contribution in [0.25, 0.3) is 6.08 Å². The number of amides is 1. The second-order valence-corrected chi connectivity index (χ2v) is 11.7. The van der Waals surface area contributed by atoms with Gasteiger partial charge in [0.2, 0.25) is 5.91 Å². The van der Waals surface area contributed by atoms with Gasteiger partial charge in [0.15, 0.2) is 11.6 Å². The summed E-state index contributed by atoms with van der Waals surface area (Å²) >= 11 is 9.81. The number of fused-ring (bicyclic) bond motifs is 6. The van der Waals surface area contributed by atoms with E-state index in [1.54, 1.807) is 42.5 Å². The molecule has 4 aromatic rings. The van der Waals surface area contributed by atoms with Crippen molar-refractivity contribution in [3.05, 3.63) is 135 Å². The van der Waals surface area contributed by atoms with E-state index in [0.29, 0.717) is 21.8 Å². The maximum absolute atomic E-state index is 14.7. The lowest BCUT2D eigenvalue weighted by Crippen LogP contribution is -2.51. The largest absolute Gasteiger partial charge is 0.352 e. The van der Waals surface area contributed by atoms with Crippen molar-refractivity contribution in [1.82, 2.24) is 0 Å². The predicted molar refractivity (Wildman–Crippen MR) is 160 cm³/mol. The monoisotopic (exact) mass is 608 g/mol. The number of benzene rings is 4. The summed E-state index contributed by atoms with van der Waals surface area (Å²) in [5.74, 6) is -1.77. The van der Waals surface area contributed by atoms with Gasteiger partial charge in [0.05, 0.1) is 12.0 Å². The fourth-order valence-corrected chi connectivity index (χ4v) is 7.16. The molecule has 3 aliphatic rings. The van der Waals surface area contributed by atoms with Crippen molar-refractivity contribution in [2.45, 2.75) is 17.5 Å². The molecule has 0 unspecified atom stereocenters. The number of hydrogen-bond donors (Lipinski definition) is 1. The fourth-order valence-electron chi connectivity index (χ4n) is 6.72. The molecular weight excluding hydrogens is 588 g/mol. The van der Waals surface area contributed by atoms with Crippen LogP contribution in [0, 0.1) is 5.92 Å². The first kappa shape index (κ1) is 25.0. The summed E-state index contributed by atoms with van der Waals surface area (Å²) in [5, 5.41) is 3.61. The molecule has 0 aromatic heterocycles. The molecule has 40 heavy (non-hydrogen) atoms. The summed E-state index contributed by atoms with van der Waals surface area (Å²) in [4.78, 5) is 45.6. The highest BCUT2D eigenvalue weighted by Crippen LogP contribution is 2.58. The first-order chi connectivity index (χ1) is 19.4. The zero-order valence-electron chi connectivity index (χ0n) is 21.1. The molecule has 4 atom stereocenters. The molecule has 0 saturated carbocycles. The minimum absolute atomic E-state index is 0.225. The highest BCUT2D eigenvalue weighted by atomic mass is 79.9. The van der Waals surface area contributed by atoms with Crippen molar-refractivity contribution < 1.29 is 14.4 Å². The molecule has 0 bridgehead atoms. The van der Waals surface area contributed by atoms with E-state index >= 15 is 0 Å². The molecule has 1 spiro atoms. The van der Waals surface area contributed by atoms with Gasteiger partial charge in [0, 0.05) is 32.0 Å². The van der Waals surface area contributed by atoms with Crippen LogP contribution >= 0.6 is 27.5 Å². The van der Waals surface area contributed by atoms with Gasteiger partial charge in [-0.05, 0) is 47.5 Å². The summed E-state index contributed by atoms with van der Waals surface area (Å²) in [7, 11) is 0. The third-order valence-corrected chi connectivity index (χ3v) is 9.10. The topological polar surface area (TPSA) is 66.5 Å². The SMILES string of the molecule is O=C(c1ccc(Br)cc1)[C@@H]1[C@H](C(=O)c2ccccc2)[C@]2(C(=O)Nc3ccccc32)[C@@H]2C=Cc3cc(Cl)ccc3N12. The van der Waals surface area contributed by atoms with Gasteiger partial charge < -0.3 is 10.2 Å². The molecule has 196 valence electrons. The van der Waals surface area contributed by atoms with Gasteiger partial charge in [-0.25, -0.2) is 0 Å². The summed E-state index contributed by atoms with van der Waals surface area (Å²) < 4.78 is 0.840. The Morgan fingerprint density at radius 2 is 1.55 bits per heavy atom. The average molecular weight is 610 g/mol. The lowest BCUT2D eigenvalue weighted by molar-refractivity contribution is -0.121. The summed E-state index contributed by atoms with van der Waals surface area (Å²) in [6.45, 7) is 0. The lowest BCUT2D eigenvalue weighted by Gasteiger charge is -2.37. The van der Waals surface area contributed by atoms with Crippen LogP contribution in [0.3, 0.4) is 0 Å². The number of anilines is 2. The number of Topliss-reactive ketones (excluding diaryl/α,β-unsaturated/α-hetero) is 2. The van der Waals surface area contributed by atoms with Gasteiger partial charge >= 0.3 is 0 Å². The van der Waals surface area contributed by atoms with Gasteiger partial charge in [0.25, 0.3) is 0 Å². The molecule has 3 aliphatic heterocycles. The van der Waals surface area contributed by atoms with Crippen LogP contribution in [0.2, 0.25) is 5.02 Å². The van der Waals surface area contributed by atoms with E-state index in [9.17, 15) is 14.4 Å². The quantitative estimate of drug-likeness (QED) is 0.254. The van der Waals surface area contributed by atoms with Gasteiger partial charge in [-0.3, -0.25) is 14.4 Å². The lowest BCUT2D eigenvalue weighted by atomic mass is 9.64. The van der Waals surface area contributed by atoms with Gasteiger partial charge in [-0.15, -0.1) is 0 Å². The average Bonchev–Trinajstić information content (AvgIpc) is 3.45. The Kier molecular flexibility index (Phi) is 5.81. The molecule has 1 fully saturated rings. The first-order valence-corrected chi connectivity index (χ1v) is 14.1. The predicted octanol–water partition coefficient (Wildman–Crippen LogP) is 6.96. The Morgan fingerprint density at radius 1 is 0.850 bits per heavy atom. The fraction of sp³-hybridized carbons (Fsp3) is 0.121. The van der Waals surface area contributed by atoms with Crippen LogP contribution < -0.4 is 10.2 Å². The van der Waals surface area contributed by atoms with Crippen molar-refractivity contribution in [2.24, 2.45) is 5.92 Å². The maximum Gasteiger partial charge on any atom is 0.238 e. The van der Waals surface area contributed by atoms with Crippen LogP contribution in [0.1, 0.15) is 31.8 Å². The molecule has 0 radical (unpaired) electrons. The highest BCUT2D eigenvalue weighted by molar-refractivity contribution is 9.10. The molecule has 4 aromatic carbocycles. The van der Waals surface area contributed by atoms with E-state index < -0.39 is 23.4 Å². The van der Waals surface area contributed by atoms with Gasteiger partial charge in [-0.1, -0.05) is 100 Å². The number of hydrogen-bond acceptors (Lipinski definition) is 4. The zero-order valence-corrected chi connectivity index (χ0v) is 23.4. The standard InChI is InChI=1S/C33H22BrClN2O3/c34-22-13-10-20(11-14-22)31(39)29-28(30(38)19-6-2-1-3-7-19)33(24-8-4-5-9-25(24)36-32(33)40)27-17-12-21-18-23(35)15-16-26(21)37(27)29/h1-18,27-29H,(H,36,40)/t27-,28+,29-,33+/m0/s1. The number of nitrogens with zero attached hydrogens (tertiary/aromatic N) is 1. The minimum atomic E-state index is -1.34. The summed E-state index contributed by atoms with van der Waals surface area (Å²) in [6.07, 6.45) is 3.88. The highest BCUT2D eigenvalue weighted by Gasteiger charge is 2.70. The first-order valence-electron chi connectivity index (χ1n) is 13.0. The van der Waals surface area contributed by atoms with Crippen molar-refractivity contribution in [3.63, 3.8) is 0 Å². The third-order valence-electron chi connectivity index (χ3n) is 8.33. The van der Waals surface area contributed by atoms with Crippen LogP contribution in [0.15, 0.2) is 108 Å². The van der Waals surface area contributed by atoms with E-state index in [4.69, 9.17) is 11.6 Å². The van der Waals surface area contributed by atoms with E-state index in [2.05, 4.69) is 21.2 Å². The number of rotatable bonds is 4. The van der Waals surface area contributed by atoms with Crippen molar-refractivity contribution in [1.29, 1.82) is 0 Å². The molecule has 7 rings (SSSR count). The van der Waals surface area contributed by atoms with Crippen LogP contribution in [0.5, 0.6) is 0 Å². The minimum Gasteiger partial charge on any atom is -0.352 e. The number of carbonyl (C=O) groups is 3. The van der Waals surface area contributed by atoms with Gasteiger partial charge in [0.1, 0.15) is 11.5 Å². The Bertz CT molecular complexity index is 1740. The van der Waals surface area contributed by atoms with Crippen molar-refractivity contribution >= 4 is 62.5 Å². The second-order valence-electron chi connectivity index (χ2n) is 10.3. The summed E-state index contributed by atoms with van der Waals surface area (Å²) in [6, 6.07) is 27.5. The maximum atomic E-state index is 14.7. The summed E-state index contributed by atoms with van der Waals surface area (Å²) in [5.41, 5.74) is 2.54. The molecule has 1 N–H and O–H groups in total. The molecule has 1 saturated heterocycles. The van der Waals surface area contributed by atoms with Crippen LogP contribution in [0.4, 0.5) is 11.4 Å². The third kappa shape index (κ3) is 3.49. The number of carbonyl (C=O) groups excluding carboxylic acids is 3. The molecular formula is C33H22BrClN2O3. The van der Waals surface area contributed by atoms with E-state index in [1.807, 2.05) is 71.6 Å². The van der Waals surface area contributed by atoms with Crippen LogP contribution in [-0.4, -0.2) is 29.6 Å². The molecule has 7 heteroatoms. The number of ketones is 2. The number of nitrogens with one attached hydrogen (secondary N) is 1. The number of halogens is 2. The second kappa shape index (κ2) is 9.29. The Morgan fingerprint density at radius 3 is 2.33 bits per heavy atom. The molecule has 1 amide bonds.